The first-order valence-electron chi connectivity index (χ1n) is 30.6. The van der Waals surface area contributed by atoms with Crippen molar-refractivity contribution in [3.05, 3.63) is 0 Å². The second-order valence-corrected chi connectivity index (χ2v) is 28.6. The van der Waals surface area contributed by atoms with Crippen LogP contribution in [0.15, 0.2) is 0 Å². The molecule has 4 saturated heterocycles. The monoisotopic (exact) mass is 943 g/mol. The number of fused-ring (bicyclic) bond motifs is 7. The summed E-state index contributed by atoms with van der Waals surface area (Å²) in [6.45, 7) is 0. The lowest BCUT2D eigenvalue weighted by atomic mass is 9.61. The molecule has 12 unspecified atom stereocenters. The quantitative estimate of drug-likeness (QED) is 0.180. The second kappa shape index (κ2) is 20.8. The molecule has 6 nitrogen and oxygen atoms in total. The Balaban J connectivity index is 0.612. The van der Waals surface area contributed by atoms with Crippen molar-refractivity contribution in [1.29, 1.82) is 0 Å². The van der Waals surface area contributed by atoms with Crippen molar-refractivity contribution < 1.29 is 0 Å². The molecule has 0 bridgehead atoms. The zero-order valence-corrected chi connectivity index (χ0v) is 43.5. The van der Waals surface area contributed by atoms with Crippen molar-refractivity contribution in [3.8, 4) is 0 Å². The Morgan fingerprint density at radius 2 is 0.606 bits per heavy atom. The number of nitrogens with one attached hydrogen (secondary N) is 4. The van der Waals surface area contributed by atoms with E-state index < -0.39 is 0 Å². The lowest BCUT2D eigenvalue weighted by Gasteiger charge is -2.48. The van der Waals surface area contributed by atoms with E-state index in [2.05, 4.69) is 53.8 Å². The first-order chi connectivity index (χ1) is 32.7. The summed E-state index contributed by atoms with van der Waals surface area (Å²) in [5.74, 6) is 11.7. The lowest BCUT2D eigenvalue weighted by molar-refractivity contribution is 0.00808. The summed E-state index contributed by atoms with van der Waals surface area (Å²) in [5, 5.41) is 9.57. The Bertz CT molecular complexity index is 1440. The van der Waals surface area contributed by atoms with Crippen molar-refractivity contribution in [1.82, 2.24) is 29.9 Å². The standard InChI is InChI=1S/C58H98N6S2/c1-3-11-41(12-4-1)55-59-57(65-61-55)43-23-19-37(20-24-43)39-27-31-45(32-28-39)63-49-17-9-7-15-47(49)53-51(63)35-36-52-54(53)48-16-8-10-18-50(48)64(52)46-33-29-40(30-34-46)38-21-25-44(26-22-38)58-60-56(62-66-58)42-13-5-2-6-14-42/h37-62H,1-36H2. The maximum atomic E-state index is 4.12. The molecule has 9 aliphatic carbocycles. The fourth-order valence-corrected chi connectivity index (χ4v) is 23.3. The average Bonchev–Trinajstić information content (AvgIpc) is 4.22. The van der Waals surface area contributed by atoms with E-state index in [1.807, 2.05) is 0 Å². The topological polar surface area (TPSA) is 54.6 Å². The van der Waals surface area contributed by atoms with Crippen molar-refractivity contribution in [3.63, 3.8) is 0 Å². The van der Waals surface area contributed by atoms with Crippen molar-refractivity contribution in [2.24, 2.45) is 71.0 Å². The lowest BCUT2D eigenvalue weighted by Crippen LogP contribution is -2.53. The third kappa shape index (κ3) is 9.04. The molecule has 9 saturated carbocycles. The molecule has 4 heterocycles. The number of likely N-dealkylation sites (tertiary alicyclic amines) is 2. The van der Waals surface area contributed by atoms with Gasteiger partial charge in [0.1, 0.15) is 0 Å². The van der Waals surface area contributed by atoms with Crippen LogP contribution in [0.5, 0.6) is 0 Å². The van der Waals surface area contributed by atoms with Gasteiger partial charge >= 0.3 is 0 Å². The van der Waals surface area contributed by atoms with Crippen LogP contribution in [-0.4, -0.2) is 69.1 Å². The van der Waals surface area contributed by atoms with Crippen LogP contribution >= 0.6 is 23.9 Å². The first-order valence-corrected chi connectivity index (χ1v) is 32.4. The maximum absolute atomic E-state index is 4.12. The fraction of sp³-hybridized carbons (Fsp3) is 1.00. The molecule has 13 aliphatic rings. The summed E-state index contributed by atoms with van der Waals surface area (Å²) in [6, 6.07) is 5.55. The molecule has 0 amide bonds. The van der Waals surface area contributed by atoms with Gasteiger partial charge in [-0.25, -0.2) is 9.44 Å². The average molecular weight is 944 g/mol. The van der Waals surface area contributed by atoms with E-state index in [9.17, 15) is 0 Å². The molecule has 0 radical (unpaired) electrons. The minimum Gasteiger partial charge on any atom is -0.294 e. The van der Waals surface area contributed by atoms with Crippen LogP contribution in [-0.2, 0) is 0 Å². The van der Waals surface area contributed by atoms with E-state index in [0.717, 1.165) is 107 Å². The highest BCUT2D eigenvalue weighted by Gasteiger charge is 2.63. The van der Waals surface area contributed by atoms with Gasteiger partial charge in [-0.15, -0.1) is 0 Å². The van der Waals surface area contributed by atoms with E-state index in [0.29, 0.717) is 23.1 Å². The summed E-state index contributed by atoms with van der Waals surface area (Å²) < 4.78 is 7.77. The molecule has 372 valence electrons. The summed E-state index contributed by atoms with van der Waals surface area (Å²) in [5.41, 5.74) is 0. The normalized spacial score (nSPS) is 51.3. The van der Waals surface area contributed by atoms with Gasteiger partial charge in [0.15, 0.2) is 0 Å². The molecule has 4 aliphatic heterocycles. The van der Waals surface area contributed by atoms with Gasteiger partial charge in [0.05, 0.1) is 23.1 Å². The highest BCUT2D eigenvalue weighted by Crippen LogP contribution is 2.62. The molecule has 12 atom stereocenters. The Labute approximate surface area is 413 Å². The third-order valence-electron chi connectivity index (χ3n) is 23.9. The minimum absolute atomic E-state index is 0.579. The maximum Gasteiger partial charge on any atom is 0.0720 e. The number of hydrogen-bond acceptors (Lipinski definition) is 8. The van der Waals surface area contributed by atoms with E-state index in [1.54, 1.807) is 64.2 Å². The SMILES string of the molecule is C1CCC(C2NSC(C3CCC(C4CCC(N5C6CCCCC6C6C7C8CCCCC8N(C8CCC(C9CCC(C%10NC(C%11CCCCC%11)NS%10)CC9)CC8)C7CCC65)CC4)CC3)N2)CC1. The summed E-state index contributed by atoms with van der Waals surface area (Å²) in [6.07, 6.45) is 55.5. The fourth-order valence-electron chi connectivity index (χ4n) is 20.8. The smallest absolute Gasteiger partial charge is 0.0720 e. The Morgan fingerprint density at radius 3 is 1.00 bits per heavy atom. The second-order valence-electron chi connectivity index (χ2n) is 26.7. The van der Waals surface area contributed by atoms with Crippen LogP contribution in [0.25, 0.3) is 0 Å². The van der Waals surface area contributed by atoms with E-state index in [-0.39, 0.29) is 0 Å². The summed E-state index contributed by atoms with van der Waals surface area (Å²) in [4.78, 5) is 6.79. The van der Waals surface area contributed by atoms with E-state index in [1.165, 1.54) is 167 Å². The van der Waals surface area contributed by atoms with Crippen LogP contribution in [0, 0.1) is 71.0 Å². The number of rotatable bonds is 8. The van der Waals surface area contributed by atoms with E-state index in [4.69, 9.17) is 0 Å². The minimum atomic E-state index is 0.579. The molecular weight excluding hydrogens is 845 g/mol. The van der Waals surface area contributed by atoms with Crippen LogP contribution in [0.4, 0.5) is 0 Å². The predicted octanol–water partition coefficient (Wildman–Crippen LogP) is 13.4. The van der Waals surface area contributed by atoms with Gasteiger partial charge in [0.2, 0.25) is 0 Å². The summed E-state index contributed by atoms with van der Waals surface area (Å²) in [7, 11) is 0. The zero-order chi connectivity index (χ0) is 43.6. The van der Waals surface area contributed by atoms with Crippen molar-refractivity contribution in [2.75, 3.05) is 0 Å². The van der Waals surface area contributed by atoms with Gasteiger partial charge in [-0.2, -0.15) is 0 Å². The van der Waals surface area contributed by atoms with Gasteiger partial charge in [-0.1, -0.05) is 88.1 Å². The molecular formula is C58H98N6S2. The van der Waals surface area contributed by atoms with Crippen molar-refractivity contribution in [2.45, 2.75) is 290 Å². The Morgan fingerprint density at radius 1 is 0.273 bits per heavy atom. The molecule has 0 aromatic rings. The predicted molar refractivity (Wildman–Crippen MR) is 277 cm³/mol. The Hall–Kier alpha value is 0.460. The van der Waals surface area contributed by atoms with Gasteiger partial charge in [0, 0.05) is 36.3 Å². The molecule has 13 fully saturated rings. The molecule has 13 rings (SSSR count). The molecule has 0 spiro atoms. The first kappa shape index (κ1) is 46.3. The molecule has 0 aromatic heterocycles. The molecule has 66 heavy (non-hydrogen) atoms. The van der Waals surface area contributed by atoms with Gasteiger partial charge in [-0.3, -0.25) is 20.4 Å². The highest BCUT2D eigenvalue weighted by atomic mass is 32.2. The largest absolute Gasteiger partial charge is 0.294 e. The number of nitrogens with zero attached hydrogens (tertiary/aromatic N) is 2. The van der Waals surface area contributed by atoms with Crippen LogP contribution < -0.4 is 20.1 Å². The van der Waals surface area contributed by atoms with Crippen molar-refractivity contribution >= 4 is 23.9 Å². The number of hydrogen-bond donors (Lipinski definition) is 4. The molecule has 4 N–H and O–H groups in total. The van der Waals surface area contributed by atoms with Crippen LogP contribution in [0.1, 0.15) is 231 Å². The van der Waals surface area contributed by atoms with Gasteiger partial charge in [0.25, 0.3) is 0 Å². The van der Waals surface area contributed by atoms with Crippen LogP contribution in [0.3, 0.4) is 0 Å². The van der Waals surface area contributed by atoms with Gasteiger partial charge in [-0.05, 0) is 238 Å². The summed E-state index contributed by atoms with van der Waals surface area (Å²) >= 11 is 4.15. The van der Waals surface area contributed by atoms with Gasteiger partial charge < -0.3 is 0 Å². The third-order valence-corrected chi connectivity index (χ3v) is 26.2. The molecule has 0 aromatic carbocycles. The van der Waals surface area contributed by atoms with Crippen LogP contribution in [0.2, 0.25) is 0 Å². The van der Waals surface area contributed by atoms with E-state index >= 15 is 0 Å². The molecule has 8 heteroatoms. The zero-order valence-electron chi connectivity index (χ0n) is 41.9. The Kier molecular flexibility index (Phi) is 14.6. The highest BCUT2D eigenvalue weighted by molar-refractivity contribution is 7.98.